The van der Waals surface area contributed by atoms with E-state index < -0.39 is 0 Å². The monoisotopic (exact) mass is 302 g/mol. The molecule has 0 radical (unpaired) electrons. The highest BCUT2D eigenvalue weighted by Gasteiger charge is 2.39. The lowest BCUT2D eigenvalue weighted by molar-refractivity contribution is 0.123. The molecule has 3 rings (SSSR count). The van der Waals surface area contributed by atoms with Crippen molar-refractivity contribution >= 4 is 6.08 Å². The molecule has 2 heterocycles. The van der Waals surface area contributed by atoms with E-state index in [1.165, 1.54) is 0 Å². The Morgan fingerprint density at radius 2 is 2.27 bits per heavy atom. The molecule has 0 bridgehead atoms. The Morgan fingerprint density at radius 3 is 3.05 bits per heavy atom. The van der Waals surface area contributed by atoms with Crippen LogP contribution in [0.5, 0.6) is 11.5 Å². The summed E-state index contributed by atoms with van der Waals surface area (Å²) in [6.45, 7) is 8.61. The van der Waals surface area contributed by atoms with Crippen LogP contribution in [0.15, 0.2) is 24.3 Å². The van der Waals surface area contributed by atoms with Crippen molar-refractivity contribution in [2.45, 2.75) is 25.9 Å². The van der Waals surface area contributed by atoms with E-state index in [0.717, 1.165) is 49.7 Å². The molecule has 4 nitrogen and oxygen atoms in total. The van der Waals surface area contributed by atoms with Gasteiger partial charge in [-0.25, -0.2) is 0 Å². The molecule has 0 aliphatic carbocycles. The van der Waals surface area contributed by atoms with Crippen molar-refractivity contribution in [1.29, 1.82) is 0 Å². The molecule has 0 aromatic heterocycles. The van der Waals surface area contributed by atoms with Crippen LogP contribution in [-0.2, 0) is 0 Å². The molecule has 1 fully saturated rings. The van der Waals surface area contributed by atoms with Gasteiger partial charge in [0, 0.05) is 44.2 Å². The molecule has 0 saturated carbocycles. The average Bonchev–Trinajstić information content (AvgIpc) is 2.87. The zero-order chi connectivity index (χ0) is 15.6. The Bertz CT molecular complexity index is 556. The first-order valence-corrected chi connectivity index (χ1v) is 8.18. The molecule has 1 aromatic rings. The Kier molecular flexibility index (Phi) is 4.41. The molecule has 2 aliphatic heterocycles. The number of nitrogens with two attached hydrogens (primary N) is 1. The number of likely N-dealkylation sites (tertiary alicyclic amines) is 1. The Labute approximate surface area is 132 Å². The van der Waals surface area contributed by atoms with Crippen LogP contribution in [0.4, 0.5) is 0 Å². The summed E-state index contributed by atoms with van der Waals surface area (Å²) in [6.07, 6.45) is 5.40. The van der Waals surface area contributed by atoms with Gasteiger partial charge in [0.1, 0.15) is 17.1 Å². The first-order valence-electron chi connectivity index (χ1n) is 8.18. The highest BCUT2D eigenvalue weighted by molar-refractivity contribution is 5.63. The standard InChI is InChI=1S/C18H26N2O2/c1-14(2)12-21-16-4-3-15-5-6-18(22-17(15)11-16)7-9-20(13-18)10-8-19/h3-6,11,14H,7-10,12-13,19H2,1-2H3. The van der Waals surface area contributed by atoms with Crippen LogP contribution >= 0.6 is 0 Å². The second-order valence-electron chi connectivity index (χ2n) is 6.72. The van der Waals surface area contributed by atoms with Crippen molar-refractivity contribution in [2.75, 3.05) is 32.8 Å². The molecule has 1 spiro atoms. The van der Waals surface area contributed by atoms with Gasteiger partial charge in [-0.3, -0.25) is 4.90 Å². The van der Waals surface area contributed by atoms with Crippen molar-refractivity contribution in [3.63, 3.8) is 0 Å². The summed E-state index contributed by atoms with van der Waals surface area (Å²) in [6, 6.07) is 6.11. The summed E-state index contributed by atoms with van der Waals surface area (Å²) in [5.74, 6) is 2.33. The summed E-state index contributed by atoms with van der Waals surface area (Å²) >= 11 is 0. The minimum Gasteiger partial charge on any atom is -0.493 e. The molecule has 1 saturated heterocycles. The number of hydrogen-bond donors (Lipinski definition) is 1. The van der Waals surface area contributed by atoms with E-state index in [9.17, 15) is 0 Å². The molecule has 1 atom stereocenters. The quantitative estimate of drug-likeness (QED) is 0.908. The van der Waals surface area contributed by atoms with Crippen molar-refractivity contribution in [2.24, 2.45) is 11.7 Å². The van der Waals surface area contributed by atoms with Gasteiger partial charge in [-0.2, -0.15) is 0 Å². The van der Waals surface area contributed by atoms with Crippen molar-refractivity contribution < 1.29 is 9.47 Å². The average molecular weight is 302 g/mol. The highest BCUT2D eigenvalue weighted by atomic mass is 16.5. The smallest absolute Gasteiger partial charge is 0.141 e. The van der Waals surface area contributed by atoms with Crippen LogP contribution in [0.2, 0.25) is 0 Å². The molecular formula is C18H26N2O2. The van der Waals surface area contributed by atoms with Gasteiger partial charge in [-0.05, 0) is 24.1 Å². The minimum absolute atomic E-state index is 0.196. The summed E-state index contributed by atoms with van der Waals surface area (Å²) in [5.41, 5.74) is 6.59. The molecule has 4 heteroatoms. The van der Waals surface area contributed by atoms with Crippen LogP contribution in [0.25, 0.3) is 6.08 Å². The van der Waals surface area contributed by atoms with Crippen molar-refractivity contribution in [3.05, 3.63) is 29.8 Å². The number of benzene rings is 1. The predicted molar refractivity (Wildman–Crippen MR) is 89.3 cm³/mol. The number of fused-ring (bicyclic) bond motifs is 1. The predicted octanol–water partition coefficient (Wildman–Crippen LogP) is 2.53. The first-order chi connectivity index (χ1) is 10.6. The maximum atomic E-state index is 6.36. The lowest BCUT2D eigenvalue weighted by atomic mass is 9.97. The van der Waals surface area contributed by atoms with E-state index in [1.54, 1.807) is 0 Å². The fourth-order valence-electron chi connectivity index (χ4n) is 3.06. The number of rotatable bonds is 5. The van der Waals surface area contributed by atoms with Gasteiger partial charge in [0.15, 0.2) is 0 Å². The Morgan fingerprint density at radius 1 is 1.41 bits per heavy atom. The number of ether oxygens (including phenoxy) is 2. The SMILES string of the molecule is CC(C)COc1ccc2c(c1)OC1(C=C2)CCN(CCN)C1. The zero-order valence-corrected chi connectivity index (χ0v) is 13.5. The summed E-state index contributed by atoms with van der Waals surface area (Å²) in [5, 5.41) is 0. The van der Waals surface area contributed by atoms with Crippen LogP contribution in [0.1, 0.15) is 25.8 Å². The molecular weight excluding hydrogens is 276 g/mol. The van der Waals surface area contributed by atoms with Gasteiger partial charge in [-0.1, -0.05) is 19.9 Å². The molecule has 120 valence electrons. The molecule has 2 N–H and O–H groups in total. The first kappa shape index (κ1) is 15.4. The molecule has 22 heavy (non-hydrogen) atoms. The Hall–Kier alpha value is -1.52. The lowest BCUT2D eigenvalue weighted by Gasteiger charge is -2.31. The van der Waals surface area contributed by atoms with Gasteiger partial charge in [0.05, 0.1) is 6.61 Å². The lowest BCUT2D eigenvalue weighted by Crippen LogP contribution is -2.39. The third-order valence-electron chi connectivity index (χ3n) is 4.24. The van der Waals surface area contributed by atoms with Gasteiger partial charge >= 0.3 is 0 Å². The second kappa shape index (κ2) is 6.31. The minimum atomic E-state index is -0.196. The van der Waals surface area contributed by atoms with Crippen LogP contribution < -0.4 is 15.2 Å². The number of nitrogens with zero attached hydrogens (tertiary/aromatic N) is 1. The maximum Gasteiger partial charge on any atom is 0.141 e. The summed E-state index contributed by atoms with van der Waals surface area (Å²) in [4.78, 5) is 2.37. The molecule has 1 aromatic carbocycles. The fraction of sp³-hybridized carbons (Fsp3) is 0.556. The van der Waals surface area contributed by atoms with Gasteiger partial charge < -0.3 is 15.2 Å². The zero-order valence-electron chi connectivity index (χ0n) is 13.5. The van der Waals surface area contributed by atoms with Crippen molar-refractivity contribution in [1.82, 2.24) is 4.90 Å². The van der Waals surface area contributed by atoms with Crippen LogP contribution in [0.3, 0.4) is 0 Å². The summed E-state index contributed by atoms with van der Waals surface area (Å²) in [7, 11) is 0. The van der Waals surface area contributed by atoms with E-state index in [-0.39, 0.29) is 5.60 Å². The van der Waals surface area contributed by atoms with Gasteiger partial charge in [0.2, 0.25) is 0 Å². The van der Waals surface area contributed by atoms with E-state index in [4.69, 9.17) is 15.2 Å². The number of hydrogen-bond acceptors (Lipinski definition) is 4. The highest BCUT2D eigenvalue weighted by Crippen LogP contribution is 2.38. The van der Waals surface area contributed by atoms with E-state index >= 15 is 0 Å². The maximum absolute atomic E-state index is 6.36. The molecule has 0 amide bonds. The fourth-order valence-corrected chi connectivity index (χ4v) is 3.06. The van der Waals surface area contributed by atoms with E-state index in [0.29, 0.717) is 12.5 Å². The third kappa shape index (κ3) is 3.28. The topological polar surface area (TPSA) is 47.7 Å². The van der Waals surface area contributed by atoms with Gasteiger partial charge in [0.25, 0.3) is 0 Å². The Balaban J connectivity index is 1.73. The van der Waals surface area contributed by atoms with Crippen LogP contribution in [0, 0.1) is 5.92 Å². The van der Waals surface area contributed by atoms with Crippen molar-refractivity contribution in [3.8, 4) is 11.5 Å². The third-order valence-corrected chi connectivity index (χ3v) is 4.24. The van der Waals surface area contributed by atoms with Crippen LogP contribution in [-0.4, -0.2) is 43.3 Å². The van der Waals surface area contributed by atoms with Gasteiger partial charge in [-0.15, -0.1) is 0 Å². The van der Waals surface area contributed by atoms with E-state index in [1.807, 2.05) is 12.1 Å². The second-order valence-corrected chi connectivity index (χ2v) is 6.72. The largest absolute Gasteiger partial charge is 0.493 e. The van der Waals surface area contributed by atoms with E-state index in [2.05, 4.69) is 37.0 Å². The molecule has 1 unspecified atom stereocenters. The summed E-state index contributed by atoms with van der Waals surface area (Å²) < 4.78 is 12.2. The normalized spacial score (nSPS) is 23.8. The molecule has 2 aliphatic rings.